The standard InChI is InChI=1S/C16H17N3O2S/c17-9-8-14-11-19(16-15(14)7-4-10-18-16)22(20,21)12-13-5-2-1-3-6-13/h1-7,10-11H,8-9,12,17H2. The van der Waals surface area contributed by atoms with Gasteiger partial charge >= 0.3 is 0 Å². The van der Waals surface area contributed by atoms with Crippen molar-refractivity contribution >= 4 is 21.1 Å². The molecule has 2 N–H and O–H groups in total. The van der Waals surface area contributed by atoms with Crippen LogP contribution in [0.5, 0.6) is 0 Å². The Morgan fingerprint density at radius 1 is 1.09 bits per heavy atom. The highest BCUT2D eigenvalue weighted by Gasteiger charge is 2.20. The molecule has 3 rings (SSSR count). The van der Waals surface area contributed by atoms with Gasteiger partial charge in [-0.05, 0) is 36.2 Å². The van der Waals surface area contributed by atoms with Crippen LogP contribution in [0.3, 0.4) is 0 Å². The number of nitrogens with two attached hydrogens (primary N) is 1. The van der Waals surface area contributed by atoms with Crippen LogP contribution in [-0.2, 0) is 22.2 Å². The van der Waals surface area contributed by atoms with Gasteiger partial charge in [-0.15, -0.1) is 0 Å². The molecule has 0 spiro atoms. The summed E-state index contributed by atoms with van der Waals surface area (Å²) in [7, 11) is -3.52. The van der Waals surface area contributed by atoms with Crippen molar-refractivity contribution in [1.82, 2.24) is 8.96 Å². The van der Waals surface area contributed by atoms with Crippen LogP contribution >= 0.6 is 0 Å². The van der Waals surface area contributed by atoms with Gasteiger partial charge in [-0.25, -0.2) is 17.4 Å². The third-order valence-electron chi connectivity index (χ3n) is 3.52. The first-order valence-electron chi connectivity index (χ1n) is 7.04. The molecule has 5 nitrogen and oxygen atoms in total. The van der Waals surface area contributed by atoms with E-state index in [9.17, 15) is 8.42 Å². The molecule has 6 heteroatoms. The highest BCUT2D eigenvalue weighted by molar-refractivity contribution is 7.89. The van der Waals surface area contributed by atoms with Gasteiger partial charge in [-0.3, -0.25) is 0 Å². The predicted octanol–water partition coefficient (Wildman–Crippen LogP) is 1.92. The minimum absolute atomic E-state index is 0.0593. The number of pyridine rings is 1. The number of rotatable bonds is 5. The van der Waals surface area contributed by atoms with Crippen LogP contribution in [-0.4, -0.2) is 23.9 Å². The second-order valence-corrected chi connectivity index (χ2v) is 6.95. The Kier molecular flexibility index (Phi) is 3.96. The fourth-order valence-electron chi connectivity index (χ4n) is 2.52. The highest BCUT2D eigenvalue weighted by atomic mass is 32.2. The van der Waals surface area contributed by atoms with E-state index in [1.807, 2.05) is 24.3 Å². The molecule has 0 unspecified atom stereocenters. The smallest absolute Gasteiger partial charge is 0.244 e. The maximum Gasteiger partial charge on any atom is 0.244 e. The summed E-state index contributed by atoms with van der Waals surface area (Å²) >= 11 is 0. The number of hydrogen-bond donors (Lipinski definition) is 1. The van der Waals surface area contributed by atoms with E-state index in [0.717, 1.165) is 16.5 Å². The largest absolute Gasteiger partial charge is 0.330 e. The monoisotopic (exact) mass is 315 g/mol. The number of hydrogen-bond acceptors (Lipinski definition) is 4. The lowest BCUT2D eigenvalue weighted by atomic mass is 10.2. The van der Waals surface area contributed by atoms with Crippen molar-refractivity contribution in [1.29, 1.82) is 0 Å². The minimum Gasteiger partial charge on any atom is -0.330 e. The molecular formula is C16H17N3O2S. The lowest BCUT2D eigenvalue weighted by Gasteiger charge is -2.06. The van der Waals surface area contributed by atoms with Crippen LogP contribution in [0, 0.1) is 0 Å². The average Bonchev–Trinajstić information content (AvgIpc) is 2.88. The van der Waals surface area contributed by atoms with Gasteiger partial charge in [0.15, 0.2) is 5.65 Å². The lowest BCUT2D eigenvalue weighted by molar-refractivity contribution is 0.587. The van der Waals surface area contributed by atoms with Crippen molar-refractivity contribution < 1.29 is 8.42 Å². The molecule has 0 aliphatic carbocycles. The van der Waals surface area contributed by atoms with Crippen molar-refractivity contribution in [3.05, 3.63) is 66.0 Å². The van der Waals surface area contributed by atoms with E-state index >= 15 is 0 Å². The van der Waals surface area contributed by atoms with Crippen LogP contribution in [0.2, 0.25) is 0 Å². The average molecular weight is 315 g/mol. The number of benzene rings is 1. The first kappa shape index (κ1) is 14.7. The summed E-state index contributed by atoms with van der Waals surface area (Å²) in [5.41, 5.74) is 7.73. The molecule has 114 valence electrons. The molecule has 0 saturated carbocycles. The molecule has 0 bridgehead atoms. The summed E-state index contributed by atoms with van der Waals surface area (Å²) in [5, 5.41) is 0.838. The molecular weight excluding hydrogens is 298 g/mol. The van der Waals surface area contributed by atoms with E-state index in [4.69, 9.17) is 5.73 Å². The molecule has 2 aromatic heterocycles. The van der Waals surface area contributed by atoms with Crippen LogP contribution < -0.4 is 5.73 Å². The molecule has 0 radical (unpaired) electrons. The second kappa shape index (κ2) is 5.90. The summed E-state index contributed by atoms with van der Waals surface area (Å²) in [6.07, 6.45) is 3.86. The Bertz CT molecular complexity index is 886. The predicted molar refractivity (Wildman–Crippen MR) is 87.0 cm³/mol. The molecule has 0 aliphatic heterocycles. The van der Waals surface area contributed by atoms with Crippen molar-refractivity contribution in [2.45, 2.75) is 12.2 Å². The quantitative estimate of drug-likeness (QED) is 0.780. The van der Waals surface area contributed by atoms with Crippen LogP contribution in [0.1, 0.15) is 11.1 Å². The molecule has 0 atom stereocenters. The minimum atomic E-state index is -3.52. The summed E-state index contributed by atoms with van der Waals surface area (Å²) in [4.78, 5) is 4.23. The molecule has 0 fully saturated rings. The van der Waals surface area contributed by atoms with E-state index in [1.165, 1.54) is 3.97 Å². The van der Waals surface area contributed by atoms with E-state index in [0.29, 0.717) is 18.6 Å². The van der Waals surface area contributed by atoms with Gasteiger partial charge in [-0.2, -0.15) is 0 Å². The summed E-state index contributed by atoms with van der Waals surface area (Å²) < 4.78 is 26.7. The lowest BCUT2D eigenvalue weighted by Crippen LogP contribution is -2.14. The summed E-state index contributed by atoms with van der Waals surface area (Å²) in [6, 6.07) is 12.8. The van der Waals surface area contributed by atoms with E-state index in [1.54, 1.807) is 30.6 Å². The molecule has 2 heterocycles. The van der Waals surface area contributed by atoms with Crippen molar-refractivity contribution in [3.63, 3.8) is 0 Å². The molecule has 0 amide bonds. The van der Waals surface area contributed by atoms with Gasteiger partial charge in [0.1, 0.15) is 0 Å². The Morgan fingerprint density at radius 2 is 1.86 bits per heavy atom. The van der Waals surface area contributed by atoms with Crippen LogP contribution in [0.15, 0.2) is 54.9 Å². The first-order valence-corrected chi connectivity index (χ1v) is 8.65. The number of fused-ring (bicyclic) bond motifs is 1. The van der Waals surface area contributed by atoms with Gasteiger partial charge in [0.2, 0.25) is 10.0 Å². The molecule has 22 heavy (non-hydrogen) atoms. The SMILES string of the molecule is NCCc1cn(S(=O)(=O)Cc2ccccc2)c2ncccc12. The maximum absolute atomic E-state index is 12.7. The third kappa shape index (κ3) is 2.75. The second-order valence-electron chi connectivity index (χ2n) is 5.11. The van der Waals surface area contributed by atoms with E-state index in [2.05, 4.69) is 4.98 Å². The van der Waals surface area contributed by atoms with Gasteiger partial charge in [0, 0.05) is 17.8 Å². The Hall–Kier alpha value is -2.18. The zero-order chi connectivity index (χ0) is 15.6. The van der Waals surface area contributed by atoms with Crippen molar-refractivity contribution in [3.8, 4) is 0 Å². The number of aromatic nitrogens is 2. The fourth-order valence-corrected chi connectivity index (χ4v) is 3.97. The Balaban J connectivity index is 2.09. The van der Waals surface area contributed by atoms with E-state index < -0.39 is 10.0 Å². The molecule has 1 aromatic carbocycles. The topological polar surface area (TPSA) is 78.0 Å². The molecule has 0 saturated heterocycles. The maximum atomic E-state index is 12.7. The molecule has 0 aliphatic rings. The van der Waals surface area contributed by atoms with Gasteiger partial charge in [0.25, 0.3) is 0 Å². The van der Waals surface area contributed by atoms with Crippen molar-refractivity contribution in [2.75, 3.05) is 6.54 Å². The normalized spacial score (nSPS) is 11.9. The third-order valence-corrected chi connectivity index (χ3v) is 5.10. The fraction of sp³-hybridized carbons (Fsp3) is 0.188. The zero-order valence-electron chi connectivity index (χ0n) is 12.0. The van der Waals surface area contributed by atoms with Gasteiger partial charge in [0.05, 0.1) is 5.75 Å². The van der Waals surface area contributed by atoms with Crippen molar-refractivity contribution in [2.24, 2.45) is 5.73 Å². The van der Waals surface area contributed by atoms with E-state index in [-0.39, 0.29) is 5.75 Å². The first-order chi connectivity index (χ1) is 10.6. The highest BCUT2D eigenvalue weighted by Crippen LogP contribution is 2.22. The zero-order valence-corrected chi connectivity index (χ0v) is 12.8. The van der Waals surface area contributed by atoms with Crippen LogP contribution in [0.25, 0.3) is 11.0 Å². The van der Waals surface area contributed by atoms with Gasteiger partial charge < -0.3 is 5.73 Å². The summed E-state index contributed by atoms with van der Waals surface area (Å²) in [5.74, 6) is -0.0593. The van der Waals surface area contributed by atoms with Gasteiger partial charge in [-0.1, -0.05) is 30.3 Å². The summed E-state index contributed by atoms with van der Waals surface area (Å²) in [6.45, 7) is 0.465. The molecule has 3 aromatic rings. The van der Waals surface area contributed by atoms with Crippen LogP contribution in [0.4, 0.5) is 0 Å². The Morgan fingerprint density at radius 3 is 2.59 bits per heavy atom. The Labute approximate surface area is 129 Å². The number of nitrogens with zero attached hydrogens (tertiary/aromatic N) is 2.